The van der Waals surface area contributed by atoms with Crippen LogP contribution in [0, 0.1) is 40.4 Å². The average molecular weight is 416 g/mol. The fourth-order valence-electron chi connectivity index (χ4n) is 9.17. The number of fused-ring (bicyclic) bond motifs is 5. The highest BCUT2D eigenvalue weighted by Crippen LogP contribution is 2.68. The van der Waals surface area contributed by atoms with Gasteiger partial charge in [0.15, 0.2) is 6.39 Å². The summed E-state index contributed by atoms with van der Waals surface area (Å²) in [6.07, 6.45) is 15.6. The smallest absolute Gasteiger partial charge is 0.180 e. The van der Waals surface area contributed by atoms with E-state index >= 15 is 0 Å². The highest BCUT2D eigenvalue weighted by molar-refractivity contribution is 5.12. The first-order valence-corrected chi connectivity index (χ1v) is 12.5. The molecule has 0 amide bonds. The third-order valence-electron chi connectivity index (χ3n) is 10.8. The Balaban J connectivity index is 1.34. The van der Waals surface area contributed by atoms with Crippen molar-refractivity contribution in [3.05, 3.63) is 18.4 Å². The number of aliphatic hydroxyl groups excluding tert-OH is 1. The number of aryl methyl sites for hydroxylation is 1. The minimum absolute atomic E-state index is 0.0656. The Morgan fingerprint density at radius 3 is 2.60 bits per heavy atom. The second-order valence-corrected chi connectivity index (χ2v) is 12.1. The van der Waals surface area contributed by atoms with Crippen molar-refractivity contribution in [1.82, 2.24) is 4.98 Å². The van der Waals surface area contributed by atoms with Crippen LogP contribution in [-0.2, 0) is 6.42 Å². The first-order chi connectivity index (χ1) is 14.2. The molecule has 0 bridgehead atoms. The molecule has 168 valence electrons. The molecule has 5 rings (SSSR count). The number of hydrogen-bond acceptors (Lipinski definition) is 4. The summed E-state index contributed by atoms with van der Waals surface area (Å²) >= 11 is 0. The lowest BCUT2D eigenvalue weighted by atomic mass is 9.44. The molecule has 1 aromatic rings. The SMILES string of the molecule is CC(O)(CCc1cocn1)[C@H]1CC[C@H]2[C@@H]3CCC4C[C@@H](O)CC[C@]4(C)[C@H]3CC[C@]12C. The number of rotatable bonds is 4. The molecule has 0 aliphatic heterocycles. The third-order valence-corrected chi connectivity index (χ3v) is 10.8. The van der Waals surface area contributed by atoms with Crippen LogP contribution in [-0.4, -0.2) is 26.9 Å². The lowest BCUT2D eigenvalue weighted by molar-refractivity contribution is -0.144. The molecule has 2 unspecified atom stereocenters. The molecule has 4 nitrogen and oxygen atoms in total. The van der Waals surface area contributed by atoms with Gasteiger partial charge < -0.3 is 14.6 Å². The quantitative estimate of drug-likeness (QED) is 0.693. The van der Waals surface area contributed by atoms with Crippen LogP contribution in [0.1, 0.15) is 90.7 Å². The Kier molecular flexibility index (Phi) is 5.13. The van der Waals surface area contributed by atoms with Gasteiger partial charge in [-0.15, -0.1) is 0 Å². The minimum Gasteiger partial charge on any atom is -0.451 e. The van der Waals surface area contributed by atoms with Crippen LogP contribution in [0.4, 0.5) is 0 Å². The molecule has 4 aliphatic rings. The maximum Gasteiger partial charge on any atom is 0.180 e. The highest BCUT2D eigenvalue weighted by Gasteiger charge is 2.62. The first kappa shape index (κ1) is 21.0. The summed E-state index contributed by atoms with van der Waals surface area (Å²) in [6.45, 7) is 7.15. The largest absolute Gasteiger partial charge is 0.451 e. The molecule has 2 N–H and O–H groups in total. The van der Waals surface area contributed by atoms with Gasteiger partial charge in [0.1, 0.15) is 6.26 Å². The van der Waals surface area contributed by atoms with E-state index in [9.17, 15) is 10.2 Å². The number of hydrogen-bond donors (Lipinski definition) is 2. The van der Waals surface area contributed by atoms with E-state index in [1.54, 1.807) is 6.26 Å². The van der Waals surface area contributed by atoms with Gasteiger partial charge in [-0.3, -0.25) is 0 Å². The fourth-order valence-corrected chi connectivity index (χ4v) is 9.17. The van der Waals surface area contributed by atoms with Crippen molar-refractivity contribution in [2.45, 2.75) is 103 Å². The first-order valence-electron chi connectivity index (χ1n) is 12.5. The zero-order chi connectivity index (χ0) is 21.1. The van der Waals surface area contributed by atoms with Crippen LogP contribution < -0.4 is 0 Å². The van der Waals surface area contributed by atoms with Gasteiger partial charge in [-0.2, -0.15) is 0 Å². The van der Waals surface area contributed by atoms with Crippen LogP contribution in [0.5, 0.6) is 0 Å². The summed E-state index contributed by atoms with van der Waals surface area (Å²) in [4.78, 5) is 4.25. The molecule has 4 fully saturated rings. The lowest BCUT2D eigenvalue weighted by Gasteiger charge is -2.61. The lowest BCUT2D eigenvalue weighted by Crippen LogP contribution is -2.55. The normalized spacial score (nSPS) is 47.8. The molecule has 0 saturated heterocycles. The van der Waals surface area contributed by atoms with Crippen molar-refractivity contribution in [1.29, 1.82) is 0 Å². The number of aliphatic hydroxyl groups is 2. The summed E-state index contributed by atoms with van der Waals surface area (Å²) in [6, 6.07) is 0. The number of aromatic nitrogens is 1. The Hall–Kier alpha value is -0.870. The molecule has 0 spiro atoms. The molecule has 30 heavy (non-hydrogen) atoms. The molecule has 0 radical (unpaired) electrons. The molecule has 4 aliphatic carbocycles. The summed E-state index contributed by atoms with van der Waals surface area (Å²) in [5.74, 6) is 3.48. The van der Waals surface area contributed by atoms with Gasteiger partial charge in [0, 0.05) is 0 Å². The summed E-state index contributed by atoms with van der Waals surface area (Å²) < 4.78 is 5.12. The zero-order valence-electron chi connectivity index (χ0n) is 19.1. The second-order valence-electron chi connectivity index (χ2n) is 12.1. The van der Waals surface area contributed by atoms with Crippen LogP contribution >= 0.6 is 0 Å². The second kappa shape index (κ2) is 7.33. The number of nitrogens with zero attached hydrogens (tertiary/aromatic N) is 1. The predicted molar refractivity (Wildman–Crippen MR) is 117 cm³/mol. The van der Waals surface area contributed by atoms with Crippen molar-refractivity contribution < 1.29 is 14.6 Å². The van der Waals surface area contributed by atoms with Crippen molar-refractivity contribution >= 4 is 0 Å². The van der Waals surface area contributed by atoms with Gasteiger partial charge >= 0.3 is 0 Å². The van der Waals surface area contributed by atoms with E-state index in [1.807, 2.05) is 0 Å². The van der Waals surface area contributed by atoms with Gasteiger partial charge in [-0.1, -0.05) is 13.8 Å². The van der Waals surface area contributed by atoms with E-state index in [2.05, 4.69) is 25.8 Å². The standard InChI is InChI=1S/C26H41NO3/c1-24-11-9-19(28)14-17(24)4-5-20-21-6-7-23(25(21,2)12-10-22(20)24)26(3,29)13-8-18-15-30-16-27-18/h15-17,19-23,28-29H,4-14H2,1-3H3/t17?,19-,20-,21-,22-,23-,24-,25-,26?/m0/s1. The van der Waals surface area contributed by atoms with Crippen molar-refractivity contribution in [2.24, 2.45) is 40.4 Å². The predicted octanol–water partition coefficient (Wildman–Crippen LogP) is 5.38. The zero-order valence-corrected chi connectivity index (χ0v) is 19.1. The Labute approximate surface area is 181 Å². The monoisotopic (exact) mass is 415 g/mol. The molecular weight excluding hydrogens is 374 g/mol. The maximum atomic E-state index is 11.6. The van der Waals surface area contributed by atoms with Gasteiger partial charge in [-0.05, 0) is 118 Å². The molecule has 9 atom stereocenters. The van der Waals surface area contributed by atoms with Crippen molar-refractivity contribution in [2.75, 3.05) is 0 Å². The van der Waals surface area contributed by atoms with Crippen molar-refractivity contribution in [3.8, 4) is 0 Å². The topological polar surface area (TPSA) is 66.5 Å². The molecule has 1 aromatic heterocycles. The van der Waals surface area contributed by atoms with Gasteiger partial charge in [0.2, 0.25) is 0 Å². The van der Waals surface area contributed by atoms with E-state index < -0.39 is 5.60 Å². The summed E-state index contributed by atoms with van der Waals surface area (Å²) in [7, 11) is 0. The minimum atomic E-state index is -0.647. The summed E-state index contributed by atoms with van der Waals surface area (Å²) in [5, 5.41) is 21.8. The van der Waals surface area contributed by atoms with E-state index in [1.165, 1.54) is 44.9 Å². The molecule has 4 saturated carbocycles. The van der Waals surface area contributed by atoms with Gasteiger partial charge in [0.25, 0.3) is 0 Å². The highest BCUT2D eigenvalue weighted by atomic mass is 16.3. The average Bonchev–Trinajstić information content (AvgIpc) is 3.34. The molecule has 0 aromatic carbocycles. The Bertz CT molecular complexity index is 745. The van der Waals surface area contributed by atoms with E-state index in [0.29, 0.717) is 11.3 Å². The van der Waals surface area contributed by atoms with E-state index in [4.69, 9.17) is 4.42 Å². The van der Waals surface area contributed by atoms with E-state index in [0.717, 1.165) is 61.5 Å². The van der Waals surface area contributed by atoms with Gasteiger partial charge in [-0.25, -0.2) is 4.98 Å². The van der Waals surface area contributed by atoms with Crippen LogP contribution in [0.25, 0.3) is 0 Å². The molecule has 4 heteroatoms. The number of oxazole rings is 1. The third kappa shape index (κ3) is 3.20. The van der Waals surface area contributed by atoms with Crippen LogP contribution in [0.3, 0.4) is 0 Å². The van der Waals surface area contributed by atoms with Gasteiger partial charge in [0.05, 0.1) is 17.4 Å². The Morgan fingerprint density at radius 2 is 1.83 bits per heavy atom. The van der Waals surface area contributed by atoms with Crippen molar-refractivity contribution in [3.63, 3.8) is 0 Å². The maximum absolute atomic E-state index is 11.6. The van der Waals surface area contributed by atoms with E-state index in [-0.39, 0.29) is 11.5 Å². The van der Waals surface area contributed by atoms with Crippen LogP contribution in [0.15, 0.2) is 17.1 Å². The molecular formula is C26H41NO3. The fraction of sp³-hybridized carbons (Fsp3) is 0.885. The van der Waals surface area contributed by atoms with Crippen LogP contribution in [0.2, 0.25) is 0 Å². The summed E-state index contributed by atoms with van der Waals surface area (Å²) in [5.41, 5.74) is 0.984. The Morgan fingerprint density at radius 1 is 1.07 bits per heavy atom. The molecule has 1 heterocycles.